The average molecular weight is 300 g/mol. The molecule has 0 saturated heterocycles. The van der Waals surface area contributed by atoms with Crippen LogP contribution in [0.2, 0.25) is 0 Å². The molecular formula is C11H14BrN3O2. The fraction of sp³-hybridized carbons (Fsp3) is 0.545. The smallest absolute Gasteiger partial charge is 0.288 e. The largest absolute Gasteiger partial charge is 0.369 e. The summed E-state index contributed by atoms with van der Waals surface area (Å²) in [4.78, 5) is 14.1. The van der Waals surface area contributed by atoms with Crippen LogP contribution in [-0.4, -0.2) is 16.5 Å². The molecule has 1 aliphatic carbocycles. The van der Waals surface area contributed by atoms with Crippen LogP contribution in [0.4, 0.5) is 11.5 Å². The van der Waals surface area contributed by atoms with Gasteiger partial charge in [-0.15, -0.1) is 0 Å². The first kappa shape index (κ1) is 12.3. The van der Waals surface area contributed by atoms with E-state index in [0.717, 1.165) is 18.9 Å². The van der Waals surface area contributed by atoms with E-state index in [-0.39, 0.29) is 5.69 Å². The number of nitrogens with one attached hydrogen (secondary N) is 1. The molecular weight excluding hydrogens is 286 g/mol. The number of nitrogens with zero attached hydrogens (tertiary/aromatic N) is 2. The lowest BCUT2D eigenvalue weighted by atomic mass is 9.83. The minimum atomic E-state index is -0.449. The SMILES string of the molecule is O=[N+]([O-])c1cnc(NCCC2CCC2)c(Br)c1. The van der Waals surface area contributed by atoms with Crippen LogP contribution in [0.3, 0.4) is 0 Å². The van der Waals surface area contributed by atoms with E-state index in [2.05, 4.69) is 26.2 Å². The Bertz CT molecular complexity index is 421. The highest BCUT2D eigenvalue weighted by Gasteiger charge is 2.17. The minimum Gasteiger partial charge on any atom is -0.369 e. The van der Waals surface area contributed by atoms with Gasteiger partial charge in [0.25, 0.3) is 5.69 Å². The Labute approximate surface area is 108 Å². The van der Waals surface area contributed by atoms with E-state index in [1.54, 1.807) is 0 Å². The summed E-state index contributed by atoms with van der Waals surface area (Å²) in [5.74, 6) is 1.52. The summed E-state index contributed by atoms with van der Waals surface area (Å²) in [5, 5.41) is 13.7. The van der Waals surface area contributed by atoms with Gasteiger partial charge in [0.2, 0.25) is 0 Å². The van der Waals surface area contributed by atoms with E-state index >= 15 is 0 Å². The topological polar surface area (TPSA) is 68.1 Å². The van der Waals surface area contributed by atoms with Gasteiger partial charge in [0, 0.05) is 12.6 Å². The molecule has 0 amide bonds. The number of rotatable bonds is 5. The van der Waals surface area contributed by atoms with E-state index in [1.165, 1.54) is 31.5 Å². The van der Waals surface area contributed by atoms with Gasteiger partial charge < -0.3 is 5.32 Å². The zero-order chi connectivity index (χ0) is 12.3. The van der Waals surface area contributed by atoms with Crippen LogP contribution in [-0.2, 0) is 0 Å². The summed E-state index contributed by atoms with van der Waals surface area (Å²) in [5.41, 5.74) is 0.00131. The van der Waals surface area contributed by atoms with Gasteiger partial charge in [-0.2, -0.15) is 0 Å². The van der Waals surface area contributed by atoms with Crippen molar-refractivity contribution in [2.75, 3.05) is 11.9 Å². The number of nitro groups is 1. The molecule has 1 aromatic heterocycles. The quantitative estimate of drug-likeness (QED) is 0.669. The summed E-state index contributed by atoms with van der Waals surface area (Å²) >= 11 is 3.28. The van der Waals surface area contributed by atoms with Crippen LogP contribution >= 0.6 is 15.9 Å². The van der Waals surface area contributed by atoms with Crippen molar-refractivity contribution in [3.8, 4) is 0 Å². The van der Waals surface area contributed by atoms with Gasteiger partial charge >= 0.3 is 0 Å². The molecule has 1 heterocycles. The average Bonchev–Trinajstić information content (AvgIpc) is 2.23. The molecule has 92 valence electrons. The van der Waals surface area contributed by atoms with Crippen molar-refractivity contribution in [2.24, 2.45) is 5.92 Å². The molecule has 0 spiro atoms. The first-order chi connectivity index (χ1) is 8.16. The number of aromatic nitrogens is 1. The van der Waals surface area contributed by atoms with Crippen molar-refractivity contribution in [1.82, 2.24) is 4.98 Å². The lowest BCUT2D eigenvalue weighted by molar-refractivity contribution is -0.385. The zero-order valence-electron chi connectivity index (χ0n) is 9.36. The highest BCUT2D eigenvalue weighted by Crippen LogP contribution is 2.30. The maximum Gasteiger partial charge on any atom is 0.288 e. The number of hydrogen-bond donors (Lipinski definition) is 1. The van der Waals surface area contributed by atoms with Gasteiger partial charge in [-0.1, -0.05) is 19.3 Å². The Morgan fingerprint density at radius 2 is 2.35 bits per heavy atom. The molecule has 0 aliphatic heterocycles. The summed E-state index contributed by atoms with van der Waals surface area (Å²) < 4.78 is 0.639. The van der Waals surface area contributed by atoms with Crippen LogP contribution in [0.15, 0.2) is 16.7 Å². The summed E-state index contributed by atoms with van der Waals surface area (Å²) in [7, 11) is 0. The molecule has 0 aromatic carbocycles. The second-order valence-corrected chi connectivity index (χ2v) is 5.15. The molecule has 1 N–H and O–H groups in total. The third-order valence-corrected chi connectivity index (χ3v) is 3.71. The maximum absolute atomic E-state index is 10.5. The molecule has 1 aromatic rings. The molecule has 0 radical (unpaired) electrons. The Hall–Kier alpha value is -1.17. The molecule has 0 atom stereocenters. The van der Waals surface area contributed by atoms with Crippen LogP contribution in [0.5, 0.6) is 0 Å². The normalized spacial score (nSPS) is 15.4. The van der Waals surface area contributed by atoms with Crippen LogP contribution < -0.4 is 5.32 Å². The monoisotopic (exact) mass is 299 g/mol. The fourth-order valence-electron chi connectivity index (χ4n) is 1.83. The van der Waals surface area contributed by atoms with E-state index in [4.69, 9.17) is 0 Å². The van der Waals surface area contributed by atoms with Gasteiger partial charge in [-0.05, 0) is 28.3 Å². The van der Waals surface area contributed by atoms with Crippen LogP contribution in [0.25, 0.3) is 0 Å². The highest BCUT2D eigenvalue weighted by atomic mass is 79.9. The molecule has 6 heteroatoms. The molecule has 5 nitrogen and oxygen atoms in total. The Morgan fingerprint density at radius 1 is 1.59 bits per heavy atom. The van der Waals surface area contributed by atoms with E-state index < -0.39 is 4.92 Å². The summed E-state index contributed by atoms with van der Waals surface area (Å²) in [6.45, 7) is 0.869. The first-order valence-electron chi connectivity index (χ1n) is 5.70. The van der Waals surface area contributed by atoms with E-state index in [0.29, 0.717) is 10.3 Å². The van der Waals surface area contributed by atoms with Gasteiger partial charge in [-0.3, -0.25) is 10.1 Å². The van der Waals surface area contributed by atoms with Crippen molar-refractivity contribution >= 4 is 27.4 Å². The van der Waals surface area contributed by atoms with Crippen LogP contribution in [0.1, 0.15) is 25.7 Å². The van der Waals surface area contributed by atoms with Crippen molar-refractivity contribution in [3.63, 3.8) is 0 Å². The number of pyridine rings is 1. The minimum absolute atomic E-state index is 0.00131. The Morgan fingerprint density at radius 3 is 2.88 bits per heavy atom. The zero-order valence-corrected chi connectivity index (χ0v) is 10.9. The van der Waals surface area contributed by atoms with Gasteiger partial charge in [-0.25, -0.2) is 4.98 Å². The standard InChI is InChI=1S/C11H14BrN3O2/c12-10-6-9(15(16)17)7-14-11(10)13-5-4-8-2-1-3-8/h6-8H,1-5H2,(H,13,14). The summed E-state index contributed by atoms with van der Waals surface area (Å²) in [6.07, 6.45) is 6.43. The lowest BCUT2D eigenvalue weighted by Gasteiger charge is -2.25. The van der Waals surface area contributed by atoms with Gasteiger partial charge in [0.1, 0.15) is 12.0 Å². The van der Waals surface area contributed by atoms with Crippen molar-refractivity contribution in [1.29, 1.82) is 0 Å². The molecule has 0 bridgehead atoms. The number of anilines is 1. The molecule has 0 unspecified atom stereocenters. The fourth-order valence-corrected chi connectivity index (χ4v) is 2.31. The first-order valence-corrected chi connectivity index (χ1v) is 6.50. The summed E-state index contributed by atoms with van der Waals surface area (Å²) in [6, 6.07) is 1.47. The predicted octanol–water partition coefficient (Wildman–Crippen LogP) is 3.35. The predicted molar refractivity (Wildman–Crippen MR) is 69.0 cm³/mol. The Kier molecular flexibility index (Phi) is 3.93. The van der Waals surface area contributed by atoms with Gasteiger partial charge in [0.05, 0.1) is 9.40 Å². The molecule has 17 heavy (non-hydrogen) atoms. The maximum atomic E-state index is 10.5. The molecule has 1 saturated carbocycles. The Balaban J connectivity index is 1.89. The van der Waals surface area contributed by atoms with Gasteiger partial charge in [0.15, 0.2) is 0 Å². The molecule has 1 fully saturated rings. The number of halogens is 1. The van der Waals surface area contributed by atoms with E-state index in [9.17, 15) is 10.1 Å². The molecule has 2 rings (SSSR count). The van der Waals surface area contributed by atoms with Crippen LogP contribution in [0, 0.1) is 16.0 Å². The van der Waals surface area contributed by atoms with Crippen molar-refractivity contribution < 1.29 is 4.92 Å². The second kappa shape index (κ2) is 5.44. The lowest BCUT2D eigenvalue weighted by Crippen LogP contribution is -2.16. The number of hydrogen-bond acceptors (Lipinski definition) is 4. The van der Waals surface area contributed by atoms with Crippen molar-refractivity contribution in [2.45, 2.75) is 25.7 Å². The third-order valence-electron chi connectivity index (χ3n) is 3.11. The highest BCUT2D eigenvalue weighted by molar-refractivity contribution is 9.10. The third kappa shape index (κ3) is 3.15. The second-order valence-electron chi connectivity index (χ2n) is 4.29. The van der Waals surface area contributed by atoms with Crippen molar-refractivity contribution in [3.05, 3.63) is 26.9 Å². The molecule has 1 aliphatic rings. The van der Waals surface area contributed by atoms with E-state index in [1.807, 2.05) is 0 Å².